The van der Waals surface area contributed by atoms with E-state index < -0.39 is 0 Å². The Balaban J connectivity index is 1.66. The molecule has 0 aliphatic carbocycles. The van der Waals surface area contributed by atoms with Gasteiger partial charge in [0.2, 0.25) is 0 Å². The third-order valence-corrected chi connectivity index (χ3v) is 4.74. The minimum atomic E-state index is -0.198. The summed E-state index contributed by atoms with van der Waals surface area (Å²) in [5, 5.41) is 4.10. The summed E-state index contributed by atoms with van der Waals surface area (Å²) in [6.07, 6.45) is 4.96. The molecular weight excluding hydrogens is 263 g/mol. The first-order valence-corrected chi connectivity index (χ1v) is 7.40. The number of fused-ring (bicyclic) bond motifs is 2. The van der Waals surface area contributed by atoms with Gasteiger partial charge in [-0.1, -0.05) is 17.7 Å². The smallest absolute Gasteiger partial charge is 0.129 e. The van der Waals surface area contributed by atoms with Gasteiger partial charge in [-0.25, -0.2) is 4.39 Å². The molecule has 2 aliphatic heterocycles. The fourth-order valence-corrected chi connectivity index (χ4v) is 3.59. The summed E-state index contributed by atoms with van der Waals surface area (Å²) < 4.78 is 13.8. The first-order valence-electron chi connectivity index (χ1n) is 7.02. The van der Waals surface area contributed by atoms with Crippen LogP contribution in [-0.4, -0.2) is 30.1 Å². The largest absolute Gasteiger partial charge is 0.311 e. The summed E-state index contributed by atoms with van der Waals surface area (Å²) in [5.41, 5.74) is 0.734. The number of benzene rings is 1. The van der Waals surface area contributed by atoms with Crippen LogP contribution >= 0.6 is 11.6 Å². The Hall–Kier alpha value is -0.640. The van der Waals surface area contributed by atoms with Crippen molar-refractivity contribution in [2.75, 3.05) is 7.05 Å². The Bertz CT molecular complexity index is 453. The molecule has 2 bridgehead atoms. The molecule has 1 aromatic rings. The molecule has 2 atom stereocenters. The Morgan fingerprint density at radius 2 is 2.00 bits per heavy atom. The molecule has 0 aromatic heterocycles. The summed E-state index contributed by atoms with van der Waals surface area (Å²) in [7, 11) is 2.10. The minimum Gasteiger partial charge on any atom is -0.311 e. The lowest BCUT2D eigenvalue weighted by atomic mass is 9.98. The molecule has 1 N–H and O–H groups in total. The Labute approximate surface area is 118 Å². The minimum absolute atomic E-state index is 0.198. The van der Waals surface area contributed by atoms with Gasteiger partial charge in [-0.2, -0.15) is 0 Å². The van der Waals surface area contributed by atoms with Crippen LogP contribution in [0.1, 0.15) is 31.2 Å². The van der Waals surface area contributed by atoms with Gasteiger partial charge in [0.1, 0.15) is 5.82 Å². The van der Waals surface area contributed by atoms with E-state index in [0.717, 1.165) is 5.56 Å². The summed E-state index contributed by atoms with van der Waals surface area (Å²) in [4.78, 5) is 2.29. The second-order valence-electron chi connectivity index (χ2n) is 5.91. The van der Waals surface area contributed by atoms with Crippen molar-refractivity contribution in [3.63, 3.8) is 0 Å². The SMILES string of the molecule is CN(Cc1ccc(Cl)cc1F)C1CC2CCC(C1)N2. The molecule has 0 amide bonds. The van der Waals surface area contributed by atoms with Crippen molar-refractivity contribution < 1.29 is 4.39 Å². The third-order valence-electron chi connectivity index (χ3n) is 4.51. The molecule has 2 saturated heterocycles. The number of hydrogen-bond donors (Lipinski definition) is 1. The Morgan fingerprint density at radius 3 is 2.63 bits per heavy atom. The van der Waals surface area contributed by atoms with Gasteiger partial charge < -0.3 is 5.32 Å². The topological polar surface area (TPSA) is 15.3 Å². The first kappa shape index (κ1) is 13.3. The van der Waals surface area contributed by atoms with Gasteiger partial charge in [0.25, 0.3) is 0 Å². The van der Waals surface area contributed by atoms with Gasteiger partial charge in [-0.3, -0.25) is 4.90 Å². The van der Waals surface area contributed by atoms with Crippen LogP contribution in [0.15, 0.2) is 18.2 Å². The van der Waals surface area contributed by atoms with Crippen LogP contribution in [0, 0.1) is 5.82 Å². The van der Waals surface area contributed by atoms with E-state index in [1.165, 1.54) is 31.7 Å². The third kappa shape index (κ3) is 2.93. The van der Waals surface area contributed by atoms with Gasteiger partial charge in [-0.05, 0) is 44.9 Å². The predicted octanol–water partition coefficient (Wildman–Crippen LogP) is 3.19. The van der Waals surface area contributed by atoms with Gasteiger partial charge in [0.15, 0.2) is 0 Å². The maximum Gasteiger partial charge on any atom is 0.129 e. The summed E-state index contributed by atoms with van der Waals surface area (Å²) in [6.45, 7) is 0.660. The molecule has 4 heteroatoms. The highest BCUT2D eigenvalue weighted by Gasteiger charge is 2.35. The zero-order valence-electron chi connectivity index (χ0n) is 11.2. The van der Waals surface area contributed by atoms with Crippen molar-refractivity contribution in [3.05, 3.63) is 34.6 Å². The van der Waals surface area contributed by atoms with E-state index >= 15 is 0 Å². The summed E-state index contributed by atoms with van der Waals surface area (Å²) in [5.74, 6) is -0.198. The molecule has 2 fully saturated rings. The van der Waals surface area contributed by atoms with Gasteiger partial charge in [-0.15, -0.1) is 0 Å². The van der Waals surface area contributed by atoms with Crippen molar-refractivity contribution in [1.29, 1.82) is 0 Å². The zero-order valence-corrected chi connectivity index (χ0v) is 12.0. The van der Waals surface area contributed by atoms with Crippen LogP contribution < -0.4 is 5.32 Å². The molecule has 2 unspecified atom stereocenters. The van der Waals surface area contributed by atoms with Crippen LogP contribution in [-0.2, 0) is 6.54 Å². The van der Waals surface area contributed by atoms with Crippen LogP contribution in [0.3, 0.4) is 0 Å². The average Bonchev–Trinajstić information content (AvgIpc) is 2.71. The Kier molecular flexibility index (Phi) is 3.79. The van der Waals surface area contributed by atoms with Crippen LogP contribution in [0.25, 0.3) is 0 Å². The predicted molar refractivity (Wildman–Crippen MR) is 75.8 cm³/mol. The van der Waals surface area contributed by atoms with Crippen molar-refractivity contribution >= 4 is 11.6 Å². The fourth-order valence-electron chi connectivity index (χ4n) is 3.43. The maximum atomic E-state index is 13.8. The second kappa shape index (κ2) is 5.39. The molecule has 104 valence electrons. The first-order chi connectivity index (χ1) is 9.11. The highest BCUT2D eigenvalue weighted by atomic mass is 35.5. The lowest BCUT2D eigenvalue weighted by molar-refractivity contribution is 0.164. The van der Waals surface area contributed by atoms with E-state index in [-0.39, 0.29) is 5.82 Å². The van der Waals surface area contributed by atoms with Crippen LogP contribution in [0.5, 0.6) is 0 Å². The molecule has 19 heavy (non-hydrogen) atoms. The lowest BCUT2D eigenvalue weighted by Gasteiger charge is -2.35. The summed E-state index contributed by atoms with van der Waals surface area (Å²) >= 11 is 5.79. The van der Waals surface area contributed by atoms with Crippen molar-refractivity contribution in [1.82, 2.24) is 10.2 Å². The molecular formula is C15H20ClFN2. The molecule has 2 aliphatic rings. The number of nitrogens with zero attached hydrogens (tertiary/aromatic N) is 1. The maximum absolute atomic E-state index is 13.8. The molecule has 2 nitrogen and oxygen atoms in total. The Morgan fingerprint density at radius 1 is 1.32 bits per heavy atom. The van der Waals surface area contributed by atoms with E-state index in [9.17, 15) is 4.39 Å². The van der Waals surface area contributed by atoms with Gasteiger partial charge in [0.05, 0.1) is 0 Å². The fraction of sp³-hybridized carbons (Fsp3) is 0.600. The van der Waals surface area contributed by atoms with E-state index in [0.29, 0.717) is 29.7 Å². The highest BCUT2D eigenvalue weighted by molar-refractivity contribution is 6.30. The van der Waals surface area contributed by atoms with Crippen molar-refractivity contribution in [3.8, 4) is 0 Å². The van der Waals surface area contributed by atoms with Crippen LogP contribution in [0.2, 0.25) is 5.02 Å². The molecule has 2 heterocycles. The van der Waals surface area contributed by atoms with Crippen molar-refractivity contribution in [2.45, 2.75) is 50.4 Å². The normalized spacial score (nSPS) is 30.0. The molecule has 0 radical (unpaired) electrons. The standard InChI is InChI=1S/C15H20ClFN2/c1-19(9-10-2-3-11(16)6-15(10)17)14-7-12-4-5-13(8-14)18-12/h2-3,6,12-14,18H,4-5,7-9H2,1H3. The van der Waals surface area contributed by atoms with Crippen molar-refractivity contribution in [2.24, 2.45) is 0 Å². The highest BCUT2D eigenvalue weighted by Crippen LogP contribution is 2.30. The molecule has 0 spiro atoms. The van der Waals surface area contributed by atoms with Gasteiger partial charge in [0, 0.05) is 35.3 Å². The number of rotatable bonds is 3. The van der Waals surface area contributed by atoms with Crippen LogP contribution in [0.4, 0.5) is 4.39 Å². The number of nitrogens with one attached hydrogen (secondary N) is 1. The van der Waals surface area contributed by atoms with E-state index in [2.05, 4.69) is 17.3 Å². The number of halogens is 2. The summed E-state index contributed by atoms with van der Waals surface area (Å²) in [6, 6.07) is 6.86. The number of hydrogen-bond acceptors (Lipinski definition) is 2. The monoisotopic (exact) mass is 282 g/mol. The van der Waals surface area contributed by atoms with E-state index in [1.54, 1.807) is 12.1 Å². The molecule has 3 rings (SSSR count). The van der Waals surface area contributed by atoms with E-state index in [4.69, 9.17) is 11.6 Å². The number of piperidine rings is 1. The quantitative estimate of drug-likeness (QED) is 0.916. The second-order valence-corrected chi connectivity index (χ2v) is 6.35. The van der Waals surface area contributed by atoms with Gasteiger partial charge >= 0.3 is 0 Å². The zero-order chi connectivity index (χ0) is 13.4. The van der Waals surface area contributed by atoms with E-state index in [1.807, 2.05) is 0 Å². The average molecular weight is 283 g/mol. The molecule has 0 saturated carbocycles. The molecule has 1 aromatic carbocycles. The lowest BCUT2D eigenvalue weighted by Crippen LogP contribution is -2.46.